The summed E-state index contributed by atoms with van der Waals surface area (Å²) in [6.07, 6.45) is 0. The van der Waals surface area contributed by atoms with Gasteiger partial charge in [0.15, 0.2) is 0 Å². The van der Waals surface area contributed by atoms with Crippen LogP contribution in [0.2, 0.25) is 10.0 Å². The van der Waals surface area contributed by atoms with Gasteiger partial charge in [-0.1, -0.05) is 23.2 Å². The number of benzene rings is 2. The number of hydrogen-bond donors (Lipinski definition) is 2. The second-order valence-corrected chi connectivity index (χ2v) is 5.67. The molecule has 0 fully saturated rings. The summed E-state index contributed by atoms with van der Waals surface area (Å²) in [5, 5.41) is 5.45. The summed E-state index contributed by atoms with van der Waals surface area (Å²) < 4.78 is 0. The quantitative estimate of drug-likeness (QED) is 0.640. The van der Waals surface area contributed by atoms with Gasteiger partial charge in [0.25, 0.3) is 0 Å². The van der Waals surface area contributed by atoms with Crippen LogP contribution < -0.4 is 11.1 Å². The van der Waals surface area contributed by atoms with Crippen molar-refractivity contribution in [2.45, 2.75) is 6.92 Å². The standard InChI is InChI=1S/C16H13Cl2N3/c1-9-6-13(18)15(8-12(9)17)21-16-5-2-10-7-11(19)3-4-14(10)20-16/h2-8H,19H2,1H3,(H,20,21). The van der Waals surface area contributed by atoms with Gasteiger partial charge in [-0.15, -0.1) is 0 Å². The Morgan fingerprint density at radius 3 is 2.62 bits per heavy atom. The van der Waals surface area contributed by atoms with E-state index in [1.54, 1.807) is 6.07 Å². The number of nitrogens with zero attached hydrogens (tertiary/aromatic N) is 1. The first-order valence-corrected chi connectivity index (χ1v) is 7.17. The molecule has 0 bridgehead atoms. The van der Waals surface area contributed by atoms with Crippen LogP contribution in [0.3, 0.4) is 0 Å². The lowest BCUT2D eigenvalue weighted by molar-refractivity contribution is 1.36. The third kappa shape index (κ3) is 2.89. The minimum Gasteiger partial charge on any atom is -0.399 e. The van der Waals surface area contributed by atoms with Gasteiger partial charge < -0.3 is 11.1 Å². The Kier molecular flexibility index (Phi) is 3.62. The lowest BCUT2D eigenvalue weighted by Gasteiger charge is -2.10. The minimum absolute atomic E-state index is 0.608. The zero-order chi connectivity index (χ0) is 15.0. The van der Waals surface area contributed by atoms with Gasteiger partial charge in [0.2, 0.25) is 0 Å². The smallest absolute Gasteiger partial charge is 0.131 e. The van der Waals surface area contributed by atoms with Crippen molar-refractivity contribution in [3.63, 3.8) is 0 Å². The summed E-state index contributed by atoms with van der Waals surface area (Å²) in [5.41, 5.74) is 9.02. The second kappa shape index (κ2) is 5.43. The number of nitrogens with one attached hydrogen (secondary N) is 1. The Morgan fingerprint density at radius 2 is 1.81 bits per heavy atom. The monoisotopic (exact) mass is 317 g/mol. The Labute approximate surface area is 132 Å². The van der Waals surface area contributed by atoms with Gasteiger partial charge in [0, 0.05) is 16.1 Å². The van der Waals surface area contributed by atoms with E-state index in [1.807, 2.05) is 43.3 Å². The SMILES string of the molecule is Cc1cc(Cl)c(Nc2ccc3cc(N)ccc3n2)cc1Cl. The molecule has 1 aromatic heterocycles. The highest BCUT2D eigenvalue weighted by molar-refractivity contribution is 6.35. The average molecular weight is 318 g/mol. The molecule has 0 aliphatic heterocycles. The average Bonchev–Trinajstić information content (AvgIpc) is 2.45. The Bertz CT molecular complexity index is 831. The predicted octanol–water partition coefficient (Wildman–Crippen LogP) is 5.18. The molecule has 2 aromatic carbocycles. The predicted molar refractivity (Wildman–Crippen MR) is 90.6 cm³/mol. The largest absolute Gasteiger partial charge is 0.399 e. The van der Waals surface area contributed by atoms with Crippen molar-refractivity contribution in [1.82, 2.24) is 4.98 Å². The van der Waals surface area contributed by atoms with Crippen LogP contribution in [0.25, 0.3) is 10.9 Å². The summed E-state index contributed by atoms with van der Waals surface area (Å²) in [5.74, 6) is 0.703. The van der Waals surface area contributed by atoms with Gasteiger partial charge in [0.05, 0.1) is 16.2 Å². The van der Waals surface area contributed by atoms with E-state index in [1.165, 1.54) is 0 Å². The number of nitrogen functional groups attached to an aromatic ring is 1. The first-order valence-electron chi connectivity index (χ1n) is 6.42. The number of fused-ring (bicyclic) bond motifs is 1. The van der Waals surface area contributed by atoms with Crippen LogP contribution in [0.4, 0.5) is 17.2 Å². The van der Waals surface area contributed by atoms with E-state index in [9.17, 15) is 0 Å². The van der Waals surface area contributed by atoms with E-state index >= 15 is 0 Å². The number of anilines is 3. The lowest BCUT2D eigenvalue weighted by Crippen LogP contribution is -1.95. The van der Waals surface area contributed by atoms with Crippen LogP contribution in [0.5, 0.6) is 0 Å². The topological polar surface area (TPSA) is 50.9 Å². The van der Waals surface area contributed by atoms with Crippen molar-refractivity contribution < 1.29 is 0 Å². The number of aromatic nitrogens is 1. The molecule has 21 heavy (non-hydrogen) atoms. The molecule has 0 saturated carbocycles. The van der Waals surface area contributed by atoms with E-state index in [-0.39, 0.29) is 0 Å². The molecule has 3 N–H and O–H groups in total. The van der Waals surface area contributed by atoms with E-state index in [4.69, 9.17) is 28.9 Å². The Morgan fingerprint density at radius 1 is 1.00 bits per heavy atom. The number of halogens is 2. The molecule has 0 amide bonds. The molecule has 3 aromatic rings. The van der Waals surface area contributed by atoms with Crippen molar-refractivity contribution in [2.75, 3.05) is 11.1 Å². The van der Waals surface area contributed by atoms with Gasteiger partial charge in [-0.3, -0.25) is 0 Å². The summed E-state index contributed by atoms with van der Waals surface area (Å²) in [4.78, 5) is 4.54. The summed E-state index contributed by atoms with van der Waals surface area (Å²) in [6, 6.07) is 13.1. The molecule has 1 heterocycles. The summed E-state index contributed by atoms with van der Waals surface area (Å²) in [7, 11) is 0. The van der Waals surface area contributed by atoms with Gasteiger partial charge in [-0.05, 0) is 55.0 Å². The molecule has 0 unspecified atom stereocenters. The fourth-order valence-corrected chi connectivity index (χ4v) is 2.52. The highest BCUT2D eigenvalue weighted by Crippen LogP contribution is 2.31. The fraction of sp³-hybridized carbons (Fsp3) is 0.0625. The summed E-state index contributed by atoms with van der Waals surface area (Å²) >= 11 is 12.4. The van der Waals surface area contributed by atoms with Crippen LogP contribution in [0, 0.1) is 6.92 Å². The van der Waals surface area contributed by atoms with E-state index < -0.39 is 0 Å². The van der Waals surface area contributed by atoms with Crippen LogP contribution in [0.1, 0.15) is 5.56 Å². The molecule has 5 heteroatoms. The molecule has 0 radical (unpaired) electrons. The normalized spacial score (nSPS) is 10.8. The van der Waals surface area contributed by atoms with Crippen LogP contribution in [-0.4, -0.2) is 4.98 Å². The first-order chi connectivity index (χ1) is 10.0. The molecule has 0 atom stereocenters. The van der Waals surface area contributed by atoms with E-state index in [2.05, 4.69) is 10.3 Å². The van der Waals surface area contributed by atoms with E-state index in [0.717, 1.165) is 27.8 Å². The number of rotatable bonds is 2. The molecule has 0 aliphatic carbocycles. The molecule has 106 valence electrons. The number of aryl methyl sites for hydroxylation is 1. The van der Waals surface area contributed by atoms with Gasteiger partial charge in [-0.25, -0.2) is 4.98 Å². The van der Waals surface area contributed by atoms with Crippen molar-refractivity contribution in [2.24, 2.45) is 0 Å². The number of pyridine rings is 1. The number of hydrogen-bond acceptors (Lipinski definition) is 3. The van der Waals surface area contributed by atoms with Crippen LogP contribution in [-0.2, 0) is 0 Å². The molecule has 0 spiro atoms. The van der Waals surface area contributed by atoms with Gasteiger partial charge >= 0.3 is 0 Å². The molecule has 0 saturated heterocycles. The van der Waals surface area contributed by atoms with E-state index in [0.29, 0.717) is 15.9 Å². The number of nitrogens with two attached hydrogens (primary N) is 1. The Balaban J connectivity index is 1.98. The van der Waals surface area contributed by atoms with Crippen molar-refractivity contribution >= 4 is 51.3 Å². The Hall–Kier alpha value is -1.97. The third-order valence-corrected chi connectivity index (χ3v) is 3.94. The maximum absolute atomic E-state index is 6.22. The highest BCUT2D eigenvalue weighted by atomic mass is 35.5. The lowest BCUT2D eigenvalue weighted by atomic mass is 10.2. The molecule has 3 nitrogen and oxygen atoms in total. The molecule has 3 rings (SSSR count). The molecular formula is C16H13Cl2N3. The minimum atomic E-state index is 0.608. The van der Waals surface area contributed by atoms with Crippen molar-refractivity contribution in [1.29, 1.82) is 0 Å². The molecule has 0 aliphatic rings. The van der Waals surface area contributed by atoms with Gasteiger partial charge in [-0.2, -0.15) is 0 Å². The van der Waals surface area contributed by atoms with Crippen molar-refractivity contribution in [3.8, 4) is 0 Å². The first kappa shape index (κ1) is 14.0. The van der Waals surface area contributed by atoms with Gasteiger partial charge in [0.1, 0.15) is 5.82 Å². The van der Waals surface area contributed by atoms with Crippen LogP contribution in [0.15, 0.2) is 42.5 Å². The zero-order valence-corrected chi connectivity index (χ0v) is 12.8. The fourth-order valence-electron chi connectivity index (χ4n) is 2.09. The third-order valence-electron chi connectivity index (χ3n) is 3.22. The van der Waals surface area contributed by atoms with Crippen LogP contribution >= 0.6 is 23.2 Å². The maximum Gasteiger partial charge on any atom is 0.131 e. The second-order valence-electron chi connectivity index (χ2n) is 4.85. The highest BCUT2D eigenvalue weighted by Gasteiger charge is 2.06. The maximum atomic E-state index is 6.22. The molecular weight excluding hydrogens is 305 g/mol. The summed E-state index contributed by atoms with van der Waals surface area (Å²) in [6.45, 7) is 1.91. The zero-order valence-electron chi connectivity index (χ0n) is 11.3. The van der Waals surface area contributed by atoms with Crippen molar-refractivity contribution in [3.05, 3.63) is 58.1 Å².